The van der Waals surface area contributed by atoms with Crippen LogP contribution in [-0.4, -0.2) is 27.5 Å². The van der Waals surface area contributed by atoms with Crippen LogP contribution in [0.2, 0.25) is 0 Å². The van der Waals surface area contributed by atoms with Gasteiger partial charge >= 0.3 is 6.09 Å². The van der Waals surface area contributed by atoms with Crippen molar-refractivity contribution < 1.29 is 9.53 Å². The summed E-state index contributed by atoms with van der Waals surface area (Å²) in [5.74, 6) is 0. The van der Waals surface area contributed by atoms with E-state index in [1.807, 2.05) is 0 Å². The molecule has 6 heteroatoms. The van der Waals surface area contributed by atoms with Gasteiger partial charge in [0, 0.05) is 0 Å². The monoisotopic (exact) mass is 219 g/mol. The highest BCUT2D eigenvalue weighted by Gasteiger charge is 2.05. The Morgan fingerprint density at radius 1 is 1.91 bits per heavy atom. The van der Waals surface area contributed by atoms with E-state index >= 15 is 0 Å². The topological polar surface area (TPSA) is 57.0 Å². The average molecular weight is 220 g/mol. The molecule has 0 aliphatic carbocycles. The van der Waals surface area contributed by atoms with Crippen molar-refractivity contribution in [1.82, 2.24) is 14.8 Å². The Morgan fingerprint density at radius 3 is 3.09 bits per heavy atom. The van der Waals surface area contributed by atoms with Crippen LogP contribution in [-0.2, 0) is 4.74 Å². The number of nitrogens with zero attached hydrogens (tertiary/aromatic N) is 3. The molecule has 0 saturated heterocycles. The molecule has 0 atom stereocenters. The number of aromatic nitrogens is 3. The number of ether oxygens (including phenoxy) is 1. The quantitative estimate of drug-likeness (QED) is 0.709. The Balaban J connectivity index is 2.69. The first-order valence-corrected chi connectivity index (χ1v) is 3.77. The predicted molar refractivity (Wildman–Crippen MR) is 40.1 cm³/mol. The predicted octanol–water partition coefficient (Wildman–Crippen LogP) is 1.05. The van der Waals surface area contributed by atoms with Crippen molar-refractivity contribution in [1.29, 1.82) is 0 Å². The maximum Gasteiger partial charge on any atom is 0.436 e. The van der Waals surface area contributed by atoms with Gasteiger partial charge in [-0.3, -0.25) is 0 Å². The second kappa shape index (κ2) is 3.47. The molecule has 1 heterocycles. The number of hydrogen-bond acceptors (Lipinski definition) is 4. The minimum absolute atomic E-state index is 0.330. The lowest BCUT2D eigenvalue weighted by Gasteiger charge is -1.97. The van der Waals surface area contributed by atoms with E-state index < -0.39 is 6.09 Å². The van der Waals surface area contributed by atoms with E-state index in [9.17, 15) is 4.79 Å². The first-order chi connectivity index (χ1) is 5.24. The number of halogens is 1. The lowest BCUT2D eigenvalue weighted by molar-refractivity contribution is 0.150. The second-order valence-corrected chi connectivity index (χ2v) is 2.37. The fourth-order valence-corrected chi connectivity index (χ4v) is 0.783. The van der Waals surface area contributed by atoms with E-state index in [0.29, 0.717) is 11.3 Å². The van der Waals surface area contributed by atoms with Gasteiger partial charge in [-0.05, 0) is 22.9 Å². The Labute approximate surface area is 71.5 Å². The molecule has 0 amide bonds. The fraction of sp³-hybridized carbons (Fsp3) is 0.400. The zero-order chi connectivity index (χ0) is 8.27. The van der Waals surface area contributed by atoms with Crippen LogP contribution in [0.1, 0.15) is 6.92 Å². The molecule has 5 nitrogen and oxygen atoms in total. The molecule has 1 rings (SSSR count). The van der Waals surface area contributed by atoms with Crippen molar-refractivity contribution in [2.24, 2.45) is 0 Å². The maximum atomic E-state index is 10.9. The van der Waals surface area contributed by atoms with Gasteiger partial charge < -0.3 is 4.74 Å². The van der Waals surface area contributed by atoms with Gasteiger partial charge in [-0.1, -0.05) is 0 Å². The van der Waals surface area contributed by atoms with Crippen LogP contribution in [0.15, 0.2) is 11.1 Å². The van der Waals surface area contributed by atoms with Crippen molar-refractivity contribution in [3.05, 3.63) is 11.1 Å². The molecular weight excluding hydrogens is 214 g/mol. The normalized spacial score (nSPS) is 9.64. The highest BCUT2D eigenvalue weighted by atomic mass is 79.9. The van der Waals surface area contributed by atoms with Crippen LogP contribution in [0.4, 0.5) is 4.79 Å². The van der Waals surface area contributed by atoms with Crippen LogP contribution in [0.5, 0.6) is 0 Å². The van der Waals surface area contributed by atoms with Gasteiger partial charge in [-0.25, -0.2) is 9.78 Å². The summed E-state index contributed by atoms with van der Waals surface area (Å²) in [6.45, 7) is 2.06. The second-order valence-electron chi connectivity index (χ2n) is 1.66. The van der Waals surface area contributed by atoms with Crippen LogP contribution >= 0.6 is 15.9 Å². The van der Waals surface area contributed by atoms with Crippen molar-refractivity contribution >= 4 is 22.0 Å². The number of carbonyl (C=O) groups is 1. The molecular formula is C5H6BrN3O2. The fourth-order valence-electron chi connectivity index (χ4n) is 0.520. The first-order valence-electron chi connectivity index (χ1n) is 2.98. The minimum atomic E-state index is -0.522. The molecule has 0 aliphatic heterocycles. The van der Waals surface area contributed by atoms with Crippen LogP contribution in [0.25, 0.3) is 0 Å². The SMILES string of the molecule is CCOC(=O)n1cnc(Br)n1. The lowest BCUT2D eigenvalue weighted by Crippen LogP contribution is -2.13. The Bertz CT molecular complexity index is 260. The molecule has 0 fully saturated rings. The molecule has 0 bridgehead atoms. The number of rotatable bonds is 1. The van der Waals surface area contributed by atoms with E-state index in [2.05, 4.69) is 30.7 Å². The van der Waals surface area contributed by atoms with Crippen molar-refractivity contribution in [3.8, 4) is 0 Å². The van der Waals surface area contributed by atoms with Gasteiger partial charge in [0.2, 0.25) is 4.73 Å². The lowest BCUT2D eigenvalue weighted by atomic mass is 10.9. The van der Waals surface area contributed by atoms with Crippen LogP contribution in [0.3, 0.4) is 0 Å². The molecule has 0 N–H and O–H groups in total. The maximum absolute atomic E-state index is 10.9. The minimum Gasteiger partial charge on any atom is -0.448 e. The molecule has 0 aliphatic rings. The van der Waals surface area contributed by atoms with Crippen LogP contribution < -0.4 is 0 Å². The molecule has 0 spiro atoms. The molecule has 0 saturated carbocycles. The largest absolute Gasteiger partial charge is 0.448 e. The smallest absolute Gasteiger partial charge is 0.436 e. The summed E-state index contributed by atoms with van der Waals surface area (Å²) in [4.78, 5) is 14.6. The number of carbonyl (C=O) groups excluding carboxylic acids is 1. The van der Waals surface area contributed by atoms with E-state index in [1.54, 1.807) is 6.92 Å². The highest BCUT2D eigenvalue weighted by Crippen LogP contribution is 1.98. The van der Waals surface area contributed by atoms with Gasteiger partial charge in [0.05, 0.1) is 6.61 Å². The molecule has 0 unspecified atom stereocenters. The standard InChI is InChI=1S/C5H6BrN3O2/c1-2-11-5(10)9-3-7-4(6)8-9/h3H,2H2,1H3. The van der Waals surface area contributed by atoms with Crippen molar-refractivity contribution in [3.63, 3.8) is 0 Å². The summed E-state index contributed by atoms with van der Waals surface area (Å²) in [6, 6.07) is 0. The van der Waals surface area contributed by atoms with Crippen molar-refractivity contribution in [2.75, 3.05) is 6.61 Å². The Morgan fingerprint density at radius 2 is 2.64 bits per heavy atom. The van der Waals surface area contributed by atoms with Crippen molar-refractivity contribution in [2.45, 2.75) is 6.92 Å². The summed E-state index contributed by atoms with van der Waals surface area (Å²) in [5, 5.41) is 3.68. The average Bonchev–Trinajstić information content (AvgIpc) is 2.36. The highest BCUT2D eigenvalue weighted by molar-refractivity contribution is 9.10. The molecule has 11 heavy (non-hydrogen) atoms. The Kier molecular flexibility index (Phi) is 2.58. The summed E-state index contributed by atoms with van der Waals surface area (Å²) >= 11 is 3.00. The summed E-state index contributed by atoms with van der Waals surface area (Å²) in [7, 11) is 0. The van der Waals surface area contributed by atoms with E-state index in [-0.39, 0.29) is 0 Å². The molecule has 1 aromatic heterocycles. The zero-order valence-electron chi connectivity index (χ0n) is 5.82. The molecule has 60 valence electrons. The third-order valence-corrected chi connectivity index (χ3v) is 1.28. The van der Waals surface area contributed by atoms with Gasteiger partial charge in [0.25, 0.3) is 0 Å². The summed E-state index contributed by atoms with van der Waals surface area (Å²) < 4.78 is 6.03. The third kappa shape index (κ3) is 2.01. The van der Waals surface area contributed by atoms with Gasteiger partial charge in [0.1, 0.15) is 6.33 Å². The van der Waals surface area contributed by atoms with Gasteiger partial charge in [-0.15, -0.1) is 5.10 Å². The first kappa shape index (κ1) is 8.19. The van der Waals surface area contributed by atoms with E-state index in [1.165, 1.54) is 6.33 Å². The third-order valence-electron chi connectivity index (χ3n) is 0.919. The van der Waals surface area contributed by atoms with Gasteiger partial charge in [0.15, 0.2) is 0 Å². The molecule has 0 radical (unpaired) electrons. The zero-order valence-corrected chi connectivity index (χ0v) is 7.41. The van der Waals surface area contributed by atoms with Crippen LogP contribution in [0, 0.1) is 0 Å². The Hall–Kier alpha value is -0.910. The summed E-state index contributed by atoms with van der Waals surface area (Å²) in [5.41, 5.74) is 0. The van der Waals surface area contributed by atoms with E-state index in [0.717, 1.165) is 4.68 Å². The van der Waals surface area contributed by atoms with Gasteiger partial charge in [-0.2, -0.15) is 4.68 Å². The van der Waals surface area contributed by atoms with E-state index in [4.69, 9.17) is 0 Å². The molecule has 1 aromatic rings. The summed E-state index contributed by atoms with van der Waals surface area (Å²) in [6.07, 6.45) is 0.757. The number of hydrogen-bond donors (Lipinski definition) is 0. The molecule has 0 aromatic carbocycles.